The van der Waals surface area contributed by atoms with Crippen LogP contribution in [0.25, 0.3) is 0 Å². The standard InChI is InChI=1S/C9H10F3N3O3/c10-9(11,12)18-6-1-4(3-13)5(2-7(16)17)15-8(6)14/h1H,2-3,13H2,(H2,14,15)(H,16,17). The second-order valence-electron chi connectivity index (χ2n) is 3.30. The Hall–Kier alpha value is -2.03. The Bertz CT molecular complexity index is 462. The molecule has 1 heterocycles. The van der Waals surface area contributed by atoms with Crippen molar-refractivity contribution in [3.05, 3.63) is 17.3 Å². The van der Waals surface area contributed by atoms with E-state index in [2.05, 4.69) is 9.72 Å². The van der Waals surface area contributed by atoms with E-state index in [1.165, 1.54) is 0 Å². The molecule has 0 aliphatic carbocycles. The van der Waals surface area contributed by atoms with Crippen molar-refractivity contribution in [3.63, 3.8) is 0 Å². The van der Waals surface area contributed by atoms with E-state index in [0.717, 1.165) is 6.07 Å². The highest BCUT2D eigenvalue weighted by molar-refractivity contribution is 5.70. The Kier molecular flexibility index (Phi) is 3.96. The minimum Gasteiger partial charge on any atom is -0.481 e. The van der Waals surface area contributed by atoms with Crippen molar-refractivity contribution in [1.82, 2.24) is 4.98 Å². The van der Waals surface area contributed by atoms with Crippen LogP contribution in [0.5, 0.6) is 5.75 Å². The summed E-state index contributed by atoms with van der Waals surface area (Å²) >= 11 is 0. The van der Waals surface area contributed by atoms with Crippen LogP contribution in [0.3, 0.4) is 0 Å². The molecule has 0 spiro atoms. The van der Waals surface area contributed by atoms with Gasteiger partial charge in [-0.3, -0.25) is 4.79 Å². The highest BCUT2D eigenvalue weighted by atomic mass is 19.4. The Morgan fingerprint density at radius 2 is 2.11 bits per heavy atom. The van der Waals surface area contributed by atoms with Crippen LogP contribution in [0.2, 0.25) is 0 Å². The summed E-state index contributed by atoms with van der Waals surface area (Å²) in [7, 11) is 0. The van der Waals surface area contributed by atoms with Gasteiger partial charge in [0.1, 0.15) is 0 Å². The zero-order chi connectivity index (χ0) is 13.9. The molecule has 0 fully saturated rings. The Morgan fingerprint density at radius 3 is 2.56 bits per heavy atom. The summed E-state index contributed by atoms with van der Waals surface area (Å²) in [5.74, 6) is -2.43. The van der Waals surface area contributed by atoms with Gasteiger partial charge in [0.25, 0.3) is 0 Å². The van der Waals surface area contributed by atoms with E-state index in [1.807, 2.05) is 0 Å². The Balaban J connectivity index is 3.13. The molecular formula is C9H10F3N3O3. The summed E-state index contributed by atoms with van der Waals surface area (Å²) in [5.41, 5.74) is 10.7. The maximum Gasteiger partial charge on any atom is 0.573 e. The van der Waals surface area contributed by atoms with Crippen molar-refractivity contribution in [2.24, 2.45) is 5.73 Å². The number of carbonyl (C=O) groups is 1. The van der Waals surface area contributed by atoms with E-state index >= 15 is 0 Å². The lowest BCUT2D eigenvalue weighted by atomic mass is 10.1. The number of aliphatic carboxylic acids is 1. The molecule has 0 bridgehead atoms. The lowest BCUT2D eigenvalue weighted by Gasteiger charge is -2.13. The first-order chi connectivity index (χ1) is 8.23. The topological polar surface area (TPSA) is 111 Å². The summed E-state index contributed by atoms with van der Waals surface area (Å²) in [6.07, 6.45) is -5.39. The highest BCUT2D eigenvalue weighted by Crippen LogP contribution is 2.29. The van der Waals surface area contributed by atoms with Crippen molar-refractivity contribution < 1.29 is 27.8 Å². The number of pyridine rings is 1. The zero-order valence-corrected chi connectivity index (χ0v) is 8.99. The van der Waals surface area contributed by atoms with Gasteiger partial charge < -0.3 is 21.3 Å². The molecule has 0 aliphatic heterocycles. The van der Waals surface area contributed by atoms with Gasteiger partial charge in [-0.05, 0) is 11.6 Å². The molecule has 0 aromatic carbocycles. The van der Waals surface area contributed by atoms with Gasteiger partial charge in [0.2, 0.25) is 0 Å². The minimum absolute atomic E-state index is 0.0111. The van der Waals surface area contributed by atoms with Crippen molar-refractivity contribution in [1.29, 1.82) is 0 Å². The van der Waals surface area contributed by atoms with E-state index in [9.17, 15) is 18.0 Å². The van der Waals surface area contributed by atoms with Crippen molar-refractivity contribution in [2.45, 2.75) is 19.3 Å². The first-order valence-electron chi connectivity index (χ1n) is 4.69. The molecule has 0 radical (unpaired) electrons. The first kappa shape index (κ1) is 14.0. The van der Waals surface area contributed by atoms with Crippen molar-refractivity contribution in [3.8, 4) is 5.75 Å². The minimum atomic E-state index is -4.91. The molecule has 0 saturated carbocycles. The molecule has 0 saturated heterocycles. The molecule has 1 rings (SSSR count). The summed E-state index contributed by atoms with van der Waals surface area (Å²) in [6, 6.07) is 0.939. The Morgan fingerprint density at radius 1 is 1.50 bits per heavy atom. The number of anilines is 1. The molecule has 0 aliphatic rings. The molecule has 18 heavy (non-hydrogen) atoms. The van der Waals surface area contributed by atoms with Crippen LogP contribution in [0, 0.1) is 0 Å². The molecule has 1 aromatic heterocycles. The van der Waals surface area contributed by atoms with E-state index in [4.69, 9.17) is 16.6 Å². The van der Waals surface area contributed by atoms with Crippen LogP contribution in [-0.4, -0.2) is 22.4 Å². The number of ether oxygens (including phenoxy) is 1. The third kappa shape index (κ3) is 3.77. The van der Waals surface area contributed by atoms with Gasteiger partial charge in [-0.1, -0.05) is 0 Å². The summed E-state index contributed by atoms with van der Waals surface area (Å²) < 4.78 is 39.8. The summed E-state index contributed by atoms with van der Waals surface area (Å²) in [4.78, 5) is 14.1. The molecule has 0 atom stereocenters. The number of hydrogen-bond donors (Lipinski definition) is 3. The summed E-state index contributed by atoms with van der Waals surface area (Å²) in [5, 5.41) is 8.60. The smallest absolute Gasteiger partial charge is 0.481 e. The number of nitrogens with two attached hydrogens (primary N) is 2. The van der Waals surface area contributed by atoms with Crippen molar-refractivity contribution in [2.75, 3.05) is 5.73 Å². The van der Waals surface area contributed by atoms with E-state index in [-0.39, 0.29) is 17.8 Å². The second-order valence-corrected chi connectivity index (χ2v) is 3.30. The zero-order valence-electron chi connectivity index (χ0n) is 8.99. The number of carboxylic acid groups (broad SMARTS) is 1. The molecule has 9 heteroatoms. The first-order valence-corrected chi connectivity index (χ1v) is 4.69. The predicted octanol–water partition coefficient (Wildman–Crippen LogP) is 0.648. The normalized spacial score (nSPS) is 11.3. The van der Waals surface area contributed by atoms with Gasteiger partial charge in [-0.25, -0.2) is 4.98 Å². The number of halogens is 3. The molecule has 6 nitrogen and oxygen atoms in total. The number of carboxylic acids is 1. The monoisotopic (exact) mass is 265 g/mol. The van der Waals surface area contributed by atoms with Crippen LogP contribution >= 0.6 is 0 Å². The number of rotatable bonds is 4. The number of nitrogen functional groups attached to an aromatic ring is 1. The largest absolute Gasteiger partial charge is 0.573 e. The van der Waals surface area contributed by atoms with Gasteiger partial charge in [0.15, 0.2) is 11.6 Å². The maximum atomic E-state index is 12.0. The fourth-order valence-electron chi connectivity index (χ4n) is 1.27. The quantitative estimate of drug-likeness (QED) is 0.736. The van der Waals surface area contributed by atoms with Crippen LogP contribution in [-0.2, 0) is 17.8 Å². The number of aromatic nitrogens is 1. The number of alkyl halides is 3. The lowest BCUT2D eigenvalue weighted by molar-refractivity contribution is -0.274. The fraction of sp³-hybridized carbons (Fsp3) is 0.333. The molecular weight excluding hydrogens is 255 g/mol. The van der Waals surface area contributed by atoms with Crippen molar-refractivity contribution >= 4 is 11.8 Å². The van der Waals surface area contributed by atoms with Crippen LogP contribution in [0.4, 0.5) is 19.0 Å². The SMILES string of the molecule is NCc1cc(OC(F)(F)F)c(N)nc1CC(=O)O. The average molecular weight is 265 g/mol. The number of hydrogen-bond acceptors (Lipinski definition) is 5. The van der Waals surface area contributed by atoms with Gasteiger partial charge >= 0.3 is 12.3 Å². The molecule has 5 N–H and O–H groups in total. The third-order valence-electron chi connectivity index (χ3n) is 1.95. The second kappa shape index (κ2) is 5.08. The van der Waals surface area contributed by atoms with Crippen LogP contribution < -0.4 is 16.2 Å². The number of nitrogens with zero attached hydrogens (tertiary/aromatic N) is 1. The predicted molar refractivity (Wildman–Crippen MR) is 54.6 cm³/mol. The molecule has 0 unspecified atom stereocenters. The third-order valence-corrected chi connectivity index (χ3v) is 1.95. The van der Waals surface area contributed by atoms with E-state index < -0.39 is 30.3 Å². The highest BCUT2D eigenvalue weighted by Gasteiger charge is 2.32. The average Bonchev–Trinajstić information content (AvgIpc) is 2.19. The maximum absolute atomic E-state index is 12.0. The molecule has 1 aromatic rings. The van der Waals surface area contributed by atoms with Gasteiger partial charge in [0, 0.05) is 6.54 Å². The van der Waals surface area contributed by atoms with Crippen LogP contribution in [0.15, 0.2) is 6.07 Å². The summed E-state index contributed by atoms with van der Waals surface area (Å²) in [6.45, 7) is -0.176. The van der Waals surface area contributed by atoms with Gasteiger partial charge in [-0.2, -0.15) is 0 Å². The van der Waals surface area contributed by atoms with Gasteiger partial charge in [0.05, 0.1) is 12.1 Å². The van der Waals surface area contributed by atoms with E-state index in [1.54, 1.807) is 0 Å². The fourth-order valence-corrected chi connectivity index (χ4v) is 1.27. The van der Waals surface area contributed by atoms with Crippen LogP contribution in [0.1, 0.15) is 11.3 Å². The Labute approximate surface area is 99.4 Å². The van der Waals surface area contributed by atoms with E-state index in [0.29, 0.717) is 0 Å². The molecule has 100 valence electrons. The van der Waals surface area contributed by atoms with Gasteiger partial charge in [-0.15, -0.1) is 13.2 Å². The lowest BCUT2D eigenvalue weighted by Crippen LogP contribution is -2.20. The molecule has 0 amide bonds.